The van der Waals surface area contributed by atoms with Gasteiger partial charge in [-0.1, -0.05) is 30.3 Å². The van der Waals surface area contributed by atoms with Gasteiger partial charge in [-0.2, -0.15) is 0 Å². The van der Waals surface area contributed by atoms with Crippen LogP contribution in [0.5, 0.6) is 5.75 Å². The summed E-state index contributed by atoms with van der Waals surface area (Å²) in [6, 6.07) is 17.2. The zero-order chi connectivity index (χ0) is 14.1. The molecular formula is C18H18N2O. The number of hydrogen-bond acceptors (Lipinski definition) is 2. The molecule has 0 saturated carbocycles. The van der Waals surface area contributed by atoms with Gasteiger partial charge in [-0.25, -0.2) is 0 Å². The number of nitrogens with one attached hydrogen (secondary N) is 2. The summed E-state index contributed by atoms with van der Waals surface area (Å²) >= 11 is 0. The summed E-state index contributed by atoms with van der Waals surface area (Å²) in [5, 5.41) is 4.98. The molecule has 1 aliphatic rings. The molecule has 0 bridgehead atoms. The van der Waals surface area contributed by atoms with Gasteiger partial charge < -0.3 is 15.0 Å². The molecule has 2 aromatic carbocycles. The summed E-state index contributed by atoms with van der Waals surface area (Å²) in [6.45, 7) is 1.65. The van der Waals surface area contributed by atoms with Gasteiger partial charge in [0.25, 0.3) is 0 Å². The molecule has 1 unspecified atom stereocenters. The van der Waals surface area contributed by atoms with Gasteiger partial charge >= 0.3 is 0 Å². The molecular weight excluding hydrogens is 260 g/mol. The highest BCUT2D eigenvalue weighted by molar-refractivity contribution is 5.82. The molecule has 3 aromatic rings. The van der Waals surface area contributed by atoms with Gasteiger partial charge in [0.1, 0.15) is 5.75 Å². The van der Waals surface area contributed by atoms with Crippen LogP contribution < -0.4 is 10.1 Å². The highest BCUT2D eigenvalue weighted by Crippen LogP contribution is 2.32. The standard InChI is InChI=1S/C18H18N2O/c1-2-7-18-15(5-1)17(9-11-21-18)20-12-13-4-3-6-16-14(13)8-10-19-16/h1-8,10,17,19-20H,9,11-12H2. The van der Waals surface area contributed by atoms with Gasteiger partial charge in [-0.3, -0.25) is 0 Å². The van der Waals surface area contributed by atoms with E-state index in [4.69, 9.17) is 4.74 Å². The highest BCUT2D eigenvalue weighted by atomic mass is 16.5. The second-order valence-electron chi connectivity index (χ2n) is 5.46. The van der Waals surface area contributed by atoms with Crippen molar-refractivity contribution >= 4 is 10.9 Å². The Morgan fingerprint density at radius 1 is 1.10 bits per heavy atom. The fraction of sp³-hybridized carbons (Fsp3) is 0.222. The molecule has 0 fully saturated rings. The lowest BCUT2D eigenvalue weighted by Gasteiger charge is -2.26. The number of fused-ring (bicyclic) bond motifs is 2. The fourth-order valence-electron chi connectivity index (χ4n) is 3.09. The third-order valence-electron chi connectivity index (χ3n) is 4.18. The van der Waals surface area contributed by atoms with E-state index >= 15 is 0 Å². The zero-order valence-corrected chi connectivity index (χ0v) is 11.8. The molecule has 106 valence electrons. The summed E-state index contributed by atoms with van der Waals surface area (Å²) in [5.41, 5.74) is 3.80. The predicted octanol–water partition coefficient (Wildman–Crippen LogP) is 3.78. The minimum absolute atomic E-state index is 0.365. The molecule has 1 aliphatic heterocycles. The van der Waals surface area contributed by atoms with Crippen molar-refractivity contribution < 1.29 is 4.74 Å². The Hall–Kier alpha value is -2.26. The van der Waals surface area contributed by atoms with E-state index in [1.807, 2.05) is 12.3 Å². The fourth-order valence-corrected chi connectivity index (χ4v) is 3.09. The van der Waals surface area contributed by atoms with Crippen LogP contribution in [0.25, 0.3) is 10.9 Å². The Labute approximate surface area is 123 Å². The van der Waals surface area contributed by atoms with Crippen molar-refractivity contribution in [2.24, 2.45) is 0 Å². The van der Waals surface area contributed by atoms with Crippen LogP contribution in [0.15, 0.2) is 54.7 Å². The smallest absolute Gasteiger partial charge is 0.124 e. The summed E-state index contributed by atoms with van der Waals surface area (Å²) in [4.78, 5) is 3.27. The van der Waals surface area contributed by atoms with Crippen molar-refractivity contribution in [3.05, 3.63) is 65.9 Å². The van der Waals surface area contributed by atoms with E-state index in [0.717, 1.165) is 25.3 Å². The zero-order valence-electron chi connectivity index (χ0n) is 11.8. The van der Waals surface area contributed by atoms with Crippen LogP contribution in [0.3, 0.4) is 0 Å². The Balaban J connectivity index is 1.57. The quantitative estimate of drug-likeness (QED) is 0.765. The maximum absolute atomic E-state index is 5.72. The van der Waals surface area contributed by atoms with E-state index in [1.54, 1.807) is 0 Å². The van der Waals surface area contributed by atoms with Crippen molar-refractivity contribution in [1.82, 2.24) is 10.3 Å². The minimum Gasteiger partial charge on any atom is -0.493 e. The van der Waals surface area contributed by atoms with Crippen LogP contribution >= 0.6 is 0 Å². The van der Waals surface area contributed by atoms with E-state index in [0.29, 0.717) is 6.04 Å². The molecule has 0 radical (unpaired) electrons. The van der Waals surface area contributed by atoms with Gasteiger partial charge in [-0.05, 0) is 23.8 Å². The summed E-state index contributed by atoms with van der Waals surface area (Å²) in [5.74, 6) is 1.01. The Morgan fingerprint density at radius 3 is 3.05 bits per heavy atom. The van der Waals surface area contributed by atoms with Gasteiger partial charge in [0, 0.05) is 41.7 Å². The van der Waals surface area contributed by atoms with Crippen LogP contribution in [0.2, 0.25) is 0 Å². The number of aromatic nitrogens is 1. The number of hydrogen-bond donors (Lipinski definition) is 2. The lowest BCUT2D eigenvalue weighted by atomic mass is 10.00. The second-order valence-corrected chi connectivity index (χ2v) is 5.46. The molecule has 0 amide bonds. The summed E-state index contributed by atoms with van der Waals surface area (Å²) in [7, 11) is 0. The van der Waals surface area contributed by atoms with Crippen LogP contribution in [-0.4, -0.2) is 11.6 Å². The largest absolute Gasteiger partial charge is 0.493 e. The average molecular weight is 278 g/mol. The van der Waals surface area contributed by atoms with Crippen LogP contribution in [0.4, 0.5) is 0 Å². The second kappa shape index (κ2) is 5.26. The molecule has 0 saturated heterocycles. The van der Waals surface area contributed by atoms with Crippen LogP contribution in [0, 0.1) is 0 Å². The van der Waals surface area contributed by atoms with E-state index in [1.165, 1.54) is 22.0 Å². The first-order valence-electron chi connectivity index (χ1n) is 7.42. The predicted molar refractivity (Wildman–Crippen MR) is 84.4 cm³/mol. The first kappa shape index (κ1) is 12.5. The van der Waals surface area contributed by atoms with E-state index < -0.39 is 0 Å². The highest BCUT2D eigenvalue weighted by Gasteiger charge is 2.20. The lowest BCUT2D eigenvalue weighted by molar-refractivity contribution is 0.252. The Kier molecular flexibility index (Phi) is 3.13. The maximum Gasteiger partial charge on any atom is 0.124 e. The monoisotopic (exact) mass is 278 g/mol. The first-order valence-corrected chi connectivity index (χ1v) is 7.42. The van der Waals surface area contributed by atoms with Crippen molar-refractivity contribution in [3.8, 4) is 5.75 Å². The van der Waals surface area contributed by atoms with Crippen molar-refractivity contribution in [3.63, 3.8) is 0 Å². The Morgan fingerprint density at radius 2 is 2.05 bits per heavy atom. The van der Waals surface area contributed by atoms with E-state index in [-0.39, 0.29) is 0 Å². The van der Waals surface area contributed by atoms with Crippen molar-refractivity contribution in [2.75, 3.05) is 6.61 Å². The topological polar surface area (TPSA) is 37.0 Å². The molecule has 3 nitrogen and oxygen atoms in total. The first-order chi connectivity index (χ1) is 10.4. The van der Waals surface area contributed by atoms with Crippen LogP contribution in [0.1, 0.15) is 23.6 Å². The van der Waals surface area contributed by atoms with Gasteiger partial charge in [0.15, 0.2) is 0 Å². The number of H-pyrrole nitrogens is 1. The lowest BCUT2D eigenvalue weighted by Crippen LogP contribution is -2.26. The molecule has 2 N–H and O–H groups in total. The molecule has 3 heteroatoms. The van der Waals surface area contributed by atoms with Crippen LogP contribution in [-0.2, 0) is 6.54 Å². The summed E-state index contributed by atoms with van der Waals surface area (Å²) < 4.78 is 5.72. The number of rotatable bonds is 3. The van der Waals surface area contributed by atoms with E-state index in [2.05, 4.69) is 52.8 Å². The maximum atomic E-state index is 5.72. The molecule has 0 spiro atoms. The molecule has 4 rings (SSSR count). The average Bonchev–Trinajstić information content (AvgIpc) is 3.02. The van der Waals surface area contributed by atoms with Gasteiger partial charge in [-0.15, -0.1) is 0 Å². The third kappa shape index (κ3) is 2.30. The number of ether oxygens (including phenoxy) is 1. The third-order valence-corrected chi connectivity index (χ3v) is 4.18. The van der Waals surface area contributed by atoms with E-state index in [9.17, 15) is 0 Å². The number of benzene rings is 2. The SMILES string of the molecule is c1ccc2c(c1)OCCC2NCc1cccc2[nH]ccc12. The normalized spacial score (nSPS) is 17.4. The summed E-state index contributed by atoms with van der Waals surface area (Å²) in [6.07, 6.45) is 3.01. The molecule has 21 heavy (non-hydrogen) atoms. The van der Waals surface area contributed by atoms with Gasteiger partial charge in [0.2, 0.25) is 0 Å². The molecule has 1 atom stereocenters. The van der Waals surface area contributed by atoms with Gasteiger partial charge in [0.05, 0.1) is 6.61 Å². The Bertz CT molecular complexity index is 763. The van der Waals surface area contributed by atoms with Crippen molar-refractivity contribution in [2.45, 2.75) is 19.0 Å². The number of para-hydroxylation sites is 1. The number of aromatic amines is 1. The van der Waals surface area contributed by atoms with Crippen molar-refractivity contribution in [1.29, 1.82) is 0 Å². The molecule has 1 aromatic heterocycles. The minimum atomic E-state index is 0.365. The molecule has 2 heterocycles. The molecule has 0 aliphatic carbocycles.